The summed E-state index contributed by atoms with van der Waals surface area (Å²) in [5.41, 5.74) is 3.11. The number of hydrogen-bond acceptors (Lipinski definition) is 2. The highest BCUT2D eigenvalue weighted by Gasteiger charge is 2.42. The SMILES string of the molecule is CCNC(c1ccccc1C)C1CCOC2(CCCC2)C1. The van der Waals surface area contributed by atoms with Crippen LogP contribution in [0.2, 0.25) is 0 Å². The van der Waals surface area contributed by atoms with Gasteiger partial charge in [-0.05, 0) is 56.2 Å². The number of nitrogens with one attached hydrogen (secondary N) is 1. The molecule has 1 aromatic carbocycles. The molecule has 1 saturated heterocycles. The van der Waals surface area contributed by atoms with Crippen LogP contribution in [0.4, 0.5) is 0 Å². The van der Waals surface area contributed by atoms with Gasteiger partial charge < -0.3 is 10.1 Å². The van der Waals surface area contributed by atoms with E-state index in [9.17, 15) is 0 Å². The molecular weight excluding hydrogens is 258 g/mol. The van der Waals surface area contributed by atoms with Crippen LogP contribution in [0.25, 0.3) is 0 Å². The Morgan fingerprint density at radius 3 is 2.76 bits per heavy atom. The lowest BCUT2D eigenvalue weighted by Crippen LogP contribution is -2.42. The van der Waals surface area contributed by atoms with Crippen molar-refractivity contribution in [3.63, 3.8) is 0 Å². The second-order valence-electron chi connectivity index (χ2n) is 6.88. The Kier molecular flexibility index (Phi) is 4.66. The minimum absolute atomic E-state index is 0.208. The maximum atomic E-state index is 6.22. The topological polar surface area (TPSA) is 21.3 Å². The highest BCUT2D eigenvalue weighted by molar-refractivity contribution is 5.29. The largest absolute Gasteiger partial charge is 0.375 e. The molecule has 2 unspecified atom stereocenters. The molecule has 1 aliphatic heterocycles. The van der Waals surface area contributed by atoms with Crippen molar-refractivity contribution in [2.75, 3.05) is 13.2 Å². The van der Waals surface area contributed by atoms with E-state index >= 15 is 0 Å². The highest BCUT2D eigenvalue weighted by atomic mass is 16.5. The number of benzene rings is 1. The Bertz CT molecular complexity index is 464. The molecule has 0 aromatic heterocycles. The van der Waals surface area contributed by atoms with Gasteiger partial charge >= 0.3 is 0 Å². The first-order valence-electron chi connectivity index (χ1n) is 8.67. The third kappa shape index (κ3) is 3.17. The zero-order valence-electron chi connectivity index (χ0n) is 13.5. The number of hydrogen-bond donors (Lipinski definition) is 1. The molecular formula is C19H29NO. The van der Waals surface area contributed by atoms with E-state index in [1.54, 1.807) is 0 Å². The Morgan fingerprint density at radius 2 is 2.05 bits per heavy atom. The van der Waals surface area contributed by atoms with Crippen molar-refractivity contribution in [2.24, 2.45) is 5.92 Å². The van der Waals surface area contributed by atoms with E-state index in [4.69, 9.17) is 4.74 Å². The van der Waals surface area contributed by atoms with Gasteiger partial charge in [0.2, 0.25) is 0 Å². The first-order valence-corrected chi connectivity index (χ1v) is 8.67. The molecule has 1 saturated carbocycles. The molecule has 1 aliphatic carbocycles. The lowest BCUT2D eigenvalue weighted by Gasteiger charge is -2.42. The van der Waals surface area contributed by atoms with Gasteiger partial charge in [-0.15, -0.1) is 0 Å². The van der Waals surface area contributed by atoms with Gasteiger partial charge in [-0.2, -0.15) is 0 Å². The molecule has 3 rings (SSSR count). The molecule has 2 aliphatic rings. The van der Waals surface area contributed by atoms with Crippen molar-refractivity contribution in [1.82, 2.24) is 5.32 Å². The van der Waals surface area contributed by atoms with Crippen LogP contribution in [-0.2, 0) is 4.74 Å². The Hall–Kier alpha value is -0.860. The molecule has 2 atom stereocenters. The Balaban J connectivity index is 1.82. The Morgan fingerprint density at radius 1 is 1.29 bits per heavy atom. The third-order valence-corrected chi connectivity index (χ3v) is 5.46. The van der Waals surface area contributed by atoms with Crippen molar-refractivity contribution in [1.29, 1.82) is 0 Å². The molecule has 0 amide bonds. The quantitative estimate of drug-likeness (QED) is 0.887. The summed E-state index contributed by atoms with van der Waals surface area (Å²) in [6.07, 6.45) is 7.67. The van der Waals surface area contributed by atoms with Crippen molar-refractivity contribution >= 4 is 0 Å². The number of ether oxygens (including phenoxy) is 1. The number of rotatable bonds is 4. The molecule has 2 nitrogen and oxygen atoms in total. The van der Waals surface area contributed by atoms with E-state index in [1.807, 2.05) is 0 Å². The molecule has 1 N–H and O–H groups in total. The van der Waals surface area contributed by atoms with E-state index in [2.05, 4.69) is 43.4 Å². The van der Waals surface area contributed by atoms with Gasteiger partial charge in [0.15, 0.2) is 0 Å². The van der Waals surface area contributed by atoms with Gasteiger partial charge in [-0.25, -0.2) is 0 Å². The zero-order valence-corrected chi connectivity index (χ0v) is 13.5. The second-order valence-corrected chi connectivity index (χ2v) is 6.88. The first-order chi connectivity index (χ1) is 10.2. The first kappa shape index (κ1) is 15.1. The van der Waals surface area contributed by atoms with Crippen molar-refractivity contribution < 1.29 is 4.74 Å². The molecule has 1 spiro atoms. The molecule has 1 heterocycles. The van der Waals surface area contributed by atoms with Crippen LogP contribution in [0.15, 0.2) is 24.3 Å². The predicted octanol–water partition coefficient (Wildman–Crippen LogP) is 4.39. The molecule has 21 heavy (non-hydrogen) atoms. The smallest absolute Gasteiger partial charge is 0.0686 e. The van der Waals surface area contributed by atoms with Gasteiger partial charge in [0.05, 0.1) is 5.60 Å². The van der Waals surface area contributed by atoms with Gasteiger partial charge in [0, 0.05) is 12.6 Å². The van der Waals surface area contributed by atoms with Crippen molar-refractivity contribution in [3.05, 3.63) is 35.4 Å². The molecule has 2 heteroatoms. The average molecular weight is 287 g/mol. The van der Waals surface area contributed by atoms with E-state index < -0.39 is 0 Å². The monoisotopic (exact) mass is 287 g/mol. The minimum atomic E-state index is 0.208. The summed E-state index contributed by atoms with van der Waals surface area (Å²) in [6, 6.07) is 9.35. The summed E-state index contributed by atoms with van der Waals surface area (Å²) in [4.78, 5) is 0. The normalized spacial score (nSPS) is 26.1. The fourth-order valence-electron chi connectivity index (χ4n) is 4.40. The van der Waals surface area contributed by atoms with Crippen LogP contribution < -0.4 is 5.32 Å². The summed E-state index contributed by atoms with van der Waals surface area (Å²) < 4.78 is 6.22. The summed E-state index contributed by atoms with van der Waals surface area (Å²) in [5, 5.41) is 3.76. The van der Waals surface area contributed by atoms with Crippen LogP contribution in [0.5, 0.6) is 0 Å². The highest BCUT2D eigenvalue weighted by Crippen LogP contribution is 2.45. The third-order valence-electron chi connectivity index (χ3n) is 5.46. The van der Waals surface area contributed by atoms with Crippen LogP contribution in [0.3, 0.4) is 0 Å². The van der Waals surface area contributed by atoms with Gasteiger partial charge in [-0.3, -0.25) is 0 Å². The van der Waals surface area contributed by atoms with Crippen LogP contribution in [0, 0.1) is 12.8 Å². The van der Waals surface area contributed by atoms with Crippen molar-refractivity contribution in [2.45, 2.75) is 64.0 Å². The van der Waals surface area contributed by atoms with Crippen LogP contribution >= 0.6 is 0 Å². The Labute approximate surface area is 129 Å². The molecule has 116 valence electrons. The fraction of sp³-hybridized carbons (Fsp3) is 0.684. The maximum absolute atomic E-state index is 6.22. The van der Waals surface area contributed by atoms with E-state index in [-0.39, 0.29) is 5.60 Å². The lowest BCUT2D eigenvalue weighted by molar-refractivity contribution is -0.0981. The van der Waals surface area contributed by atoms with Crippen molar-refractivity contribution in [3.8, 4) is 0 Å². The summed E-state index contributed by atoms with van der Waals surface area (Å²) in [7, 11) is 0. The molecule has 0 bridgehead atoms. The summed E-state index contributed by atoms with van der Waals surface area (Å²) in [6.45, 7) is 6.43. The second kappa shape index (κ2) is 6.50. The average Bonchev–Trinajstić information content (AvgIpc) is 2.93. The lowest BCUT2D eigenvalue weighted by atomic mass is 9.78. The summed E-state index contributed by atoms with van der Waals surface area (Å²) in [5.74, 6) is 0.706. The minimum Gasteiger partial charge on any atom is -0.375 e. The van der Waals surface area contributed by atoms with E-state index in [0.717, 1.165) is 13.2 Å². The van der Waals surface area contributed by atoms with Crippen LogP contribution in [0.1, 0.15) is 62.6 Å². The fourth-order valence-corrected chi connectivity index (χ4v) is 4.40. The maximum Gasteiger partial charge on any atom is 0.0686 e. The van der Waals surface area contributed by atoms with Gasteiger partial charge in [0.25, 0.3) is 0 Å². The predicted molar refractivity (Wildman–Crippen MR) is 87.5 cm³/mol. The zero-order chi connectivity index (χ0) is 14.7. The molecule has 1 aromatic rings. The molecule has 2 fully saturated rings. The van der Waals surface area contributed by atoms with E-state index in [0.29, 0.717) is 12.0 Å². The van der Waals surface area contributed by atoms with E-state index in [1.165, 1.54) is 49.7 Å². The van der Waals surface area contributed by atoms with Gasteiger partial charge in [0.1, 0.15) is 0 Å². The molecule has 0 radical (unpaired) electrons. The summed E-state index contributed by atoms with van der Waals surface area (Å²) >= 11 is 0. The standard InChI is InChI=1S/C19H29NO/c1-3-20-18(17-9-5-4-8-15(17)2)16-10-13-21-19(14-16)11-6-7-12-19/h4-5,8-9,16,18,20H,3,6-7,10-14H2,1-2H3. The van der Waals surface area contributed by atoms with Gasteiger partial charge in [-0.1, -0.05) is 44.0 Å². The van der Waals surface area contributed by atoms with Crippen LogP contribution in [-0.4, -0.2) is 18.8 Å². The number of aryl methyl sites for hydroxylation is 1.